The van der Waals surface area contributed by atoms with Crippen molar-refractivity contribution in [3.05, 3.63) is 0 Å². The van der Waals surface area contributed by atoms with E-state index in [0.29, 0.717) is 0 Å². The maximum absolute atomic E-state index is 4.89. The molecule has 0 unspecified atom stereocenters. The average molecular weight is 163 g/mol. The maximum Gasteiger partial charge on any atom is 0.382 e. The summed E-state index contributed by atoms with van der Waals surface area (Å²) in [6, 6.07) is 0. The van der Waals surface area contributed by atoms with Crippen LogP contribution in [0.25, 0.3) is 0 Å². The van der Waals surface area contributed by atoms with Crippen LogP contribution in [0.3, 0.4) is 0 Å². The highest BCUT2D eigenvalue weighted by Gasteiger charge is 2.39. The summed E-state index contributed by atoms with van der Waals surface area (Å²) in [7, 11) is 0. The Morgan fingerprint density at radius 1 is 1.36 bits per heavy atom. The van der Waals surface area contributed by atoms with Gasteiger partial charge in [0.05, 0.1) is 5.92 Å². The molecule has 0 radical (unpaired) electrons. The van der Waals surface area contributed by atoms with Crippen LogP contribution in [-0.2, 0) is 14.5 Å². The van der Waals surface area contributed by atoms with E-state index in [1.165, 1.54) is 0 Å². The first-order valence-electron chi connectivity index (χ1n) is 3.03. The largest absolute Gasteiger partial charge is 0.382 e. The molecule has 0 fully saturated rings. The Hall–Kier alpha value is -0.690. The Bertz CT molecular complexity index is 124. The third kappa shape index (κ3) is 2.12. The topological polar surface area (TPSA) is 92.1 Å². The lowest BCUT2D eigenvalue weighted by Crippen LogP contribution is -2.47. The Morgan fingerprint density at radius 3 is 1.91 bits per heavy atom. The van der Waals surface area contributed by atoms with Gasteiger partial charge >= 0.3 is 5.97 Å². The van der Waals surface area contributed by atoms with E-state index >= 15 is 0 Å². The monoisotopic (exact) mass is 163 g/mol. The van der Waals surface area contributed by atoms with Crippen LogP contribution in [0, 0.1) is 5.92 Å². The molecule has 0 rings (SSSR count). The number of hydrogen-bond donors (Lipinski definition) is 2. The molecule has 0 heterocycles. The van der Waals surface area contributed by atoms with E-state index in [1.807, 2.05) is 0 Å². The molecule has 0 aromatic rings. The Kier molecular flexibility index (Phi) is 3.98. The molecule has 0 amide bonds. The molecule has 0 bridgehead atoms. The molecule has 11 heavy (non-hydrogen) atoms. The Morgan fingerprint density at radius 2 is 1.82 bits per heavy atom. The molecule has 0 spiro atoms. The molecule has 0 aliphatic carbocycles. The van der Waals surface area contributed by atoms with Gasteiger partial charge < -0.3 is 4.84 Å². The minimum Gasteiger partial charge on any atom is -0.329 e. The zero-order chi connectivity index (χ0) is 8.91. The van der Waals surface area contributed by atoms with Gasteiger partial charge in [-0.3, -0.25) is 0 Å². The number of nitrogens with zero attached hydrogens (tertiary/aromatic N) is 1. The first kappa shape index (κ1) is 10.3. The second-order valence-electron chi connectivity index (χ2n) is 2.21. The van der Waals surface area contributed by atoms with Gasteiger partial charge in [-0.25, -0.2) is 21.5 Å². The van der Waals surface area contributed by atoms with Crippen molar-refractivity contribution in [1.82, 2.24) is 0 Å². The normalized spacial score (nSPS) is 11.7. The SMILES string of the molecule is C=NOC(ON)(ON)C(C)C. The fraction of sp³-hybridized carbons (Fsp3) is 0.800. The molecule has 0 aliphatic rings. The molecule has 6 heteroatoms. The van der Waals surface area contributed by atoms with Gasteiger partial charge in [0.15, 0.2) is 0 Å². The van der Waals surface area contributed by atoms with Crippen LogP contribution in [-0.4, -0.2) is 12.7 Å². The first-order valence-corrected chi connectivity index (χ1v) is 3.03. The lowest BCUT2D eigenvalue weighted by atomic mass is 10.2. The summed E-state index contributed by atoms with van der Waals surface area (Å²) < 4.78 is 0. The number of hydrogen-bond acceptors (Lipinski definition) is 6. The summed E-state index contributed by atoms with van der Waals surface area (Å²) in [5, 5.41) is 3.11. The molecule has 0 saturated carbocycles. The zero-order valence-corrected chi connectivity index (χ0v) is 6.61. The van der Waals surface area contributed by atoms with Gasteiger partial charge in [-0.15, -0.1) is 0 Å². The predicted octanol–water partition coefficient (Wildman–Crippen LogP) is -0.291. The highest BCUT2D eigenvalue weighted by molar-refractivity contribution is 5.21. The lowest BCUT2D eigenvalue weighted by molar-refractivity contribution is -0.407. The summed E-state index contributed by atoms with van der Waals surface area (Å²) in [6.45, 7) is 6.56. The van der Waals surface area contributed by atoms with Crippen molar-refractivity contribution in [1.29, 1.82) is 0 Å². The molecule has 0 aromatic heterocycles. The van der Waals surface area contributed by atoms with Gasteiger partial charge in [-0.05, 0) is 0 Å². The van der Waals surface area contributed by atoms with Crippen molar-refractivity contribution in [3.63, 3.8) is 0 Å². The van der Waals surface area contributed by atoms with Crippen LogP contribution in [0.1, 0.15) is 13.8 Å². The third-order valence-corrected chi connectivity index (χ3v) is 1.23. The molecular weight excluding hydrogens is 150 g/mol. The number of rotatable bonds is 5. The van der Waals surface area contributed by atoms with Gasteiger partial charge in [-0.1, -0.05) is 19.0 Å². The molecule has 0 aliphatic heterocycles. The van der Waals surface area contributed by atoms with E-state index in [0.717, 1.165) is 0 Å². The van der Waals surface area contributed by atoms with Crippen molar-refractivity contribution in [2.24, 2.45) is 22.9 Å². The van der Waals surface area contributed by atoms with Crippen LogP contribution in [0.2, 0.25) is 0 Å². The van der Waals surface area contributed by atoms with Crippen molar-refractivity contribution in [2.45, 2.75) is 19.8 Å². The highest BCUT2D eigenvalue weighted by atomic mass is 17.0. The standard InChI is InChI=1S/C5H13N3O3/c1-4(2)5(9-6,10-7)11-8-3/h4H,3,6-7H2,1-2H3. The molecule has 6 nitrogen and oxygen atoms in total. The van der Waals surface area contributed by atoms with E-state index in [2.05, 4.69) is 26.4 Å². The van der Waals surface area contributed by atoms with Gasteiger partial charge in [0.2, 0.25) is 0 Å². The summed E-state index contributed by atoms with van der Waals surface area (Å²) in [5.74, 6) is 8.03. The summed E-state index contributed by atoms with van der Waals surface area (Å²) in [4.78, 5) is 13.4. The first-order chi connectivity index (χ1) is 5.13. The second-order valence-corrected chi connectivity index (χ2v) is 2.21. The molecule has 66 valence electrons. The Balaban J connectivity index is 4.31. The number of oxime groups is 1. The minimum atomic E-state index is -1.54. The van der Waals surface area contributed by atoms with Crippen LogP contribution in [0.4, 0.5) is 0 Å². The summed E-state index contributed by atoms with van der Waals surface area (Å²) in [5.41, 5.74) is 0. The smallest absolute Gasteiger partial charge is 0.329 e. The molecule has 0 saturated heterocycles. The van der Waals surface area contributed by atoms with E-state index in [9.17, 15) is 0 Å². The van der Waals surface area contributed by atoms with E-state index < -0.39 is 5.97 Å². The van der Waals surface area contributed by atoms with Crippen molar-refractivity contribution < 1.29 is 14.5 Å². The maximum atomic E-state index is 4.89. The lowest BCUT2D eigenvalue weighted by Gasteiger charge is -2.28. The zero-order valence-electron chi connectivity index (χ0n) is 6.61. The fourth-order valence-corrected chi connectivity index (χ4v) is 0.538. The van der Waals surface area contributed by atoms with Crippen molar-refractivity contribution in [2.75, 3.05) is 0 Å². The molecule has 0 atom stereocenters. The van der Waals surface area contributed by atoms with Crippen LogP contribution >= 0.6 is 0 Å². The van der Waals surface area contributed by atoms with Gasteiger partial charge in [0.1, 0.15) is 0 Å². The predicted molar refractivity (Wildman–Crippen MR) is 38.7 cm³/mol. The summed E-state index contributed by atoms with van der Waals surface area (Å²) >= 11 is 0. The summed E-state index contributed by atoms with van der Waals surface area (Å²) in [6.07, 6.45) is 0. The van der Waals surface area contributed by atoms with E-state index in [-0.39, 0.29) is 5.92 Å². The van der Waals surface area contributed by atoms with E-state index in [4.69, 9.17) is 11.8 Å². The second kappa shape index (κ2) is 4.24. The van der Waals surface area contributed by atoms with Gasteiger partial charge in [-0.2, -0.15) is 0 Å². The van der Waals surface area contributed by atoms with Gasteiger partial charge in [0.25, 0.3) is 0 Å². The minimum absolute atomic E-state index is 0.206. The van der Waals surface area contributed by atoms with Crippen LogP contribution in [0.5, 0.6) is 0 Å². The number of nitrogens with two attached hydrogens (primary N) is 2. The average Bonchev–Trinajstić information content (AvgIpc) is 2.00. The van der Waals surface area contributed by atoms with Crippen molar-refractivity contribution in [3.8, 4) is 0 Å². The van der Waals surface area contributed by atoms with Gasteiger partial charge in [0, 0.05) is 6.72 Å². The van der Waals surface area contributed by atoms with E-state index in [1.54, 1.807) is 13.8 Å². The molecule has 0 aromatic carbocycles. The van der Waals surface area contributed by atoms with Crippen molar-refractivity contribution >= 4 is 6.72 Å². The fourth-order valence-electron chi connectivity index (χ4n) is 0.538. The van der Waals surface area contributed by atoms with Crippen LogP contribution in [0.15, 0.2) is 5.16 Å². The highest BCUT2D eigenvalue weighted by Crippen LogP contribution is 2.21. The third-order valence-electron chi connectivity index (χ3n) is 1.23. The Labute approximate surface area is 65.0 Å². The van der Waals surface area contributed by atoms with Crippen LogP contribution < -0.4 is 11.8 Å². The molecule has 4 N–H and O–H groups in total. The quantitative estimate of drug-likeness (QED) is 0.330. The molecular formula is C5H13N3O3.